The number of guanidine groups is 1. The van der Waals surface area contributed by atoms with E-state index in [1.165, 1.54) is 7.11 Å². The lowest BCUT2D eigenvalue weighted by Gasteiger charge is -2.27. The highest BCUT2D eigenvalue weighted by molar-refractivity contribution is 14.0. The number of carbonyl (C=O) groups excluding carboxylic acids is 1. The molecule has 0 radical (unpaired) electrons. The van der Waals surface area contributed by atoms with Gasteiger partial charge in [0.05, 0.1) is 20.3 Å². The Balaban J connectivity index is 0.00000289. The van der Waals surface area contributed by atoms with Gasteiger partial charge in [-0.25, -0.2) is 0 Å². The summed E-state index contributed by atoms with van der Waals surface area (Å²) in [6.07, 6.45) is 2.08. The van der Waals surface area contributed by atoms with Crippen LogP contribution in [0.5, 0.6) is 0 Å². The van der Waals surface area contributed by atoms with Gasteiger partial charge in [0.1, 0.15) is 0 Å². The first-order valence-electron chi connectivity index (χ1n) is 5.93. The van der Waals surface area contributed by atoms with Crippen molar-refractivity contribution in [2.45, 2.75) is 19.3 Å². The highest BCUT2D eigenvalue weighted by atomic mass is 127. The number of ether oxygens (including phenoxy) is 2. The van der Waals surface area contributed by atoms with Gasteiger partial charge in [-0.1, -0.05) is 0 Å². The number of aliphatic imine (C=N–C) groups is 1. The number of rotatable bonds is 5. The minimum Gasteiger partial charge on any atom is -0.469 e. The zero-order valence-electron chi connectivity index (χ0n) is 10.8. The number of nitrogens with two attached hydrogens (primary N) is 1. The minimum atomic E-state index is -0.171. The summed E-state index contributed by atoms with van der Waals surface area (Å²) in [5.41, 5.74) is 5.85. The van der Waals surface area contributed by atoms with Gasteiger partial charge in [-0.3, -0.25) is 9.79 Å². The van der Waals surface area contributed by atoms with E-state index in [1.54, 1.807) is 0 Å². The van der Waals surface area contributed by atoms with Crippen LogP contribution < -0.4 is 5.73 Å². The average Bonchev–Trinajstić information content (AvgIpc) is 2.38. The molecule has 7 heteroatoms. The van der Waals surface area contributed by atoms with Gasteiger partial charge in [0.15, 0.2) is 5.96 Å². The fourth-order valence-corrected chi connectivity index (χ4v) is 1.57. The molecule has 0 aromatic rings. The van der Waals surface area contributed by atoms with Crippen LogP contribution in [0.15, 0.2) is 4.99 Å². The number of esters is 1. The Hall–Kier alpha value is -0.570. The molecule has 2 N–H and O–H groups in total. The van der Waals surface area contributed by atoms with E-state index in [0.717, 1.165) is 25.9 Å². The molecular formula is C11H22IN3O3. The fraction of sp³-hybridized carbons (Fsp3) is 0.818. The highest BCUT2D eigenvalue weighted by Crippen LogP contribution is 1.99. The van der Waals surface area contributed by atoms with Crippen LogP contribution in [0.3, 0.4) is 0 Å². The third-order valence-corrected chi connectivity index (χ3v) is 2.63. The summed E-state index contributed by atoms with van der Waals surface area (Å²) in [6, 6.07) is 0. The molecule has 106 valence electrons. The van der Waals surface area contributed by atoms with Crippen molar-refractivity contribution in [2.24, 2.45) is 10.7 Å². The predicted octanol–water partition coefficient (Wildman–Crippen LogP) is 0.595. The maximum absolute atomic E-state index is 10.9. The van der Waals surface area contributed by atoms with Gasteiger partial charge in [0.25, 0.3) is 0 Å². The minimum absolute atomic E-state index is 0. The van der Waals surface area contributed by atoms with Crippen LogP contribution in [0.1, 0.15) is 19.3 Å². The number of methoxy groups -OCH3 is 1. The molecule has 0 unspecified atom stereocenters. The lowest BCUT2D eigenvalue weighted by Crippen LogP contribution is -2.44. The highest BCUT2D eigenvalue weighted by Gasteiger charge is 2.11. The van der Waals surface area contributed by atoms with Crippen LogP contribution in [0, 0.1) is 0 Å². The van der Waals surface area contributed by atoms with Crippen molar-refractivity contribution in [2.75, 3.05) is 40.0 Å². The molecule has 1 aliphatic heterocycles. The van der Waals surface area contributed by atoms with Crippen molar-refractivity contribution < 1.29 is 14.3 Å². The molecule has 1 fully saturated rings. The van der Waals surface area contributed by atoms with Crippen molar-refractivity contribution in [1.82, 2.24) is 4.90 Å². The number of unbranched alkanes of at least 4 members (excludes halogenated alkanes) is 1. The fourth-order valence-electron chi connectivity index (χ4n) is 1.57. The standard InChI is InChI=1S/C11H21N3O3.HI/c1-16-10(15)4-2-3-5-13-11(12)14-6-8-17-9-7-14;/h2-9H2,1H3,(H2,12,13);1H. The molecule has 0 bridgehead atoms. The van der Waals surface area contributed by atoms with Crippen LogP contribution in [-0.4, -0.2) is 56.8 Å². The van der Waals surface area contributed by atoms with Gasteiger partial charge in [0, 0.05) is 26.1 Å². The Bertz CT molecular complexity index is 268. The Morgan fingerprint density at radius 2 is 2.06 bits per heavy atom. The molecule has 0 amide bonds. The predicted molar refractivity (Wildman–Crippen MR) is 80.2 cm³/mol. The van der Waals surface area contributed by atoms with Crippen LogP contribution >= 0.6 is 24.0 Å². The summed E-state index contributed by atoms with van der Waals surface area (Å²) in [6.45, 7) is 3.67. The van der Waals surface area contributed by atoms with Crippen molar-refractivity contribution >= 4 is 35.9 Å². The van der Waals surface area contributed by atoms with E-state index in [-0.39, 0.29) is 29.9 Å². The second kappa shape index (κ2) is 10.4. The SMILES string of the molecule is COC(=O)CCCCN=C(N)N1CCOCC1.I. The zero-order valence-corrected chi connectivity index (χ0v) is 13.1. The number of morpholine rings is 1. The third-order valence-electron chi connectivity index (χ3n) is 2.63. The van der Waals surface area contributed by atoms with Crippen LogP contribution in [0.4, 0.5) is 0 Å². The topological polar surface area (TPSA) is 77.1 Å². The molecular weight excluding hydrogens is 349 g/mol. The summed E-state index contributed by atoms with van der Waals surface area (Å²) in [5.74, 6) is 0.404. The van der Waals surface area contributed by atoms with Crippen molar-refractivity contribution in [3.05, 3.63) is 0 Å². The first-order chi connectivity index (χ1) is 8.24. The molecule has 0 aliphatic carbocycles. The van der Waals surface area contributed by atoms with Crippen LogP contribution in [0.2, 0.25) is 0 Å². The number of hydrogen-bond donors (Lipinski definition) is 1. The van der Waals surface area contributed by atoms with Crippen molar-refractivity contribution in [1.29, 1.82) is 0 Å². The van der Waals surface area contributed by atoms with E-state index in [4.69, 9.17) is 10.5 Å². The maximum Gasteiger partial charge on any atom is 0.305 e. The van der Waals surface area contributed by atoms with E-state index < -0.39 is 0 Å². The molecule has 0 atom stereocenters. The van der Waals surface area contributed by atoms with Gasteiger partial charge >= 0.3 is 5.97 Å². The molecule has 1 saturated heterocycles. The second-order valence-corrected chi connectivity index (χ2v) is 3.87. The maximum atomic E-state index is 10.9. The normalized spacial score (nSPS) is 16.1. The summed E-state index contributed by atoms with van der Waals surface area (Å²) < 4.78 is 9.78. The molecule has 0 spiro atoms. The first kappa shape index (κ1) is 17.4. The smallest absolute Gasteiger partial charge is 0.305 e. The molecule has 0 aromatic carbocycles. The van der Waals surface area contributed by atoms with Crippen molar-refractivity contribution in [3.8, 4) is 0 Å². The number of hydrogen-bond acceptors (Lipinski definition) is 4. The zero-order chi connectivity index (χ0) is 12.5. The Kier molecular flexibility index (Phi) is 10.0. The summed E-state index contributed by atoms with van der Waals surface area (Å²) >= 11 is 0. The van der Waals surface area contributed by atoms with Crippen LogP contribution in [-0.2, 0) is 14.3 Å². The van der Waals surface area contributed by atoms with Gasteiger partial charge in [-0.05, 0) is 12.8 Å². The van der Waals surface area contributed by atoms with E-state index >= 15 is 0 Å². The number of halogens is 1. The molecule has 1 aliphatic rings. The van der Waals surface area contributed by atoms with Gasteiger partial charge in [-0.15, -0.1) is 24.0 Å². The Morgan fingerprint density at radius 1 is 1.39 bits per heavy atom. The number of carbonyl (C=O) groups is 1. The lowest BCUT2D eigenvalue weighted by atomic mass is 10.2. The summed E-state index contributed by atoms with van der Waals surface area (Å²) in [4.78, 5) is 17.2. The molecule has 0 saturated carbocycles. The molecule has 0 aromatic heterocycles. The van der Waals surface area contributed by atoms with E-state index in [2.05, 4.69) is 9.73 Å². The third kappa shape index (κ3) is 7.00. The van der Waals surface area contributed by atoms with Gasteiger partial charge in [-0.2, -0.15) is 0 Å². The van der Waals surface area contributed by atoms with Gasteiger partial charge in [0.2, 0.25) is 0 Å². The van der Waals surface area contributed by atoms with E-state index in [9.17, 15) is 4.79 Å². The largest absolute Gasteiger partial charge is 0.469 e. The second-order valence-electron chi connectivity index (χ2n) is 3.87. The molecule has 1 rings (SSSR count). The first-order valence-corrected chi connectivity index (χ1v) is 5.93. The number of nitrogens with zero attached hydrogens (tertiary/aromatic N) is 2. The van der Waals surface area contributed by atoms with Crippen LogP contribution in [0.25, 0.3) is 0 Å². The Labute approximate surface area is 125 Å². The van der Waals surface area contributed by atoms with E-state index in [0.29, 0.717) is 32.1 Å². The van der Waals surface area contributed by atoms with E-state index in [1.807, 2.05) is 4.90 Å². The van der Waals surface area contributed by atoms with Gasteiger partial charge < -0.3 is 20.1 Å². The molecule has 18 heavy (non-hydrogen) atoms. The Morgan fingerprint density at radius 3 is 2.67 bits per heavy atom. The lowest BCUT2D eigenvalue weighted by molar-refractivity contribution is -0.140. The summed E-state index contributed by atoms with van der Waals surface area (Å²) in [5, 5.41) is 0. The molecule has 6 nitrogen and oxygen atoms in total. The quantitative estimate of drug-likeness (QED) is 0.252. The monoisotopic (exact) mass is 371 g/mol. The molecule has 1 heterocycles. The van der Waals surface area contributed by atoms with Crippen molar-refractivity contribution in [3.63, 3.8) is 0 Å². The summed E-state index contributed by atoms with van der Waals surface area (Å²) in [7, 11) is 1.40. The average molecular weight is 371 g/mol.